The number of aromatic amines is 1. The molecule has 0 bridgehead atoms. The molecule has 0 radical (unpaired) electrons. The summed E-state index contributed by atoms with van der Waals surface area (Å²) in [4.78, 5) is 38.6. The number of aromatic nitrogens is 1. The molecule has 0 aliphatic carbocycles. The summed E-state index contributed by atoms with van der Waals surface area (Å²) in [5.74, 6) is -0.592. The van der Waals surface area contributed by atoms with Crippen LogP contribution in [0.1, 0.15) is 20.8 Å². The summed E-state index contributed by atoms with van der Waals surface area (Å²) in [5, 5.41) is 6.63. The highest BCUT2D eigenvalue weighted by molar-refractivity contribution is 5.96. The number of fused-ring (bicyclic) bond motifs is 1. The van der Waals surface area contributed by atoms with Crippen molar-refractivity contribution in [2.24, 2.45) is 0 Å². The molecule has 3 aromatic rings. The first kappa shape index (κ1) is 16.4. The highest BCUT2D eigenvalue weighted by Gasteiger charge is 2.09. The molecular weight excluding hydrogens is 318 g/mol. The van der Waals surface area contributed by atoms with Gasteiger partial charge in [0.25, 0.3) is 17.4 Å². The molecule has 1 heterocycles. The standard InChI is InChI=1S/C19H17N3O3/c23-17(13-6-2-1-3-7-13)20-10-11-21-19(25)16-12-14-8-4-5-9-15(14)18(24)22-16/h1-9,12H,10-11H2,(H,20,23)(H,21,25)(H,22,24). The largest absolute Gasteiger partial charge is 0.350 e. The number of H-pyrrole nitrogens is 1. The van der Waals surface area contributed by atoms with Crippen LogP contribution in [-0.4, -0.2) is 29.9 Å². The third-order valence-electron chi connectivity index (χ3n) is 3.73. The van der Waals surface area contributed by atoms with Gasteiger partial charge in [-0.25, -0.2) is 0 Å². The van der Waals surface area contributed by atoms with Gasteiger partial charge in [0.05, 0.1) is 0 Å². The van der Waals surface area contributed by atoms with E-state index in [9.17, 15) is 14.4 Å². The highest BCUT2D eigenvalue weighted by Crippen LogP contribution is 2.09. The van der Waals surface area contributed by atoms with Gasteiger partial charge in [-0.3, -0.25) is 14.4 Å². The molecule has 6 heteroatoms. The van der Waals surface area contributed by atoms with Crippen molar-refractivity contribution in [3.63, 3.8) is 0 Å². The van der Waals surface area contributed by atoms with Crippen molar-refractivity contribution >= 4 is 22.6 Å². The molecule has 0 aliphatic rings. The van der Waals surface area contributed by atoms with Crippen molar-refractivity contribution in [3.05, 3.63) is 82.3 Å². The number of rotatable bonds is 5. The molecule has 0 spiro atoms. The number of pyridine rings is 1. The zero-order valence-corrected chi connectivity index (χ0v) is 13.4. The maximum Gasteiger partial charge on any atom is 0.267 e. The minimum atomic E-state index is -0.392. The fourth-order valence-corrected chi connectivity index (χ4v) is 2.47. The van der Waals surface area contributed by atoms with Crippen molar-refractivity contribution in [2.75, 3.05) is 13.1 Å². The highest BCUT2D eigenvalue weighted by atomic mass is 16.2. The summed E-state index contributed by atoms with van der Waals surface area (Å²) in [6.45, 7) is 0.545. The Morgan fingerprint density at radius 2 is 1.48 bits per heavy atom. The summed E-state index contributed by atoms with van der Waals surface area (Å²) >= 11 is 0. The second-order valence-corrected chi connectivity index (χ2v) is 5.48. The van der Waals surface area contributed by atoms with Crippen LogP contribution < -0.4 is 16.2 Å². The molecule has 2 amide bonds. The Labute approximate surface area is 143 Å². The van der Waals surface area contributed by atoms with Crippen molar-refractivity contribution in [1.82, 2.24) is 15.6 Å². The Morgan fingerprint density at radius 1 is 0.840 bits per heavy atom. The van der Waals surface area contributed by atoms with E-state index in [1.54, 1.807) is 48.5 Å². The van der Waals surface area contributed by atoms with Crippen LogP contribution in [0.4, 0.5) is 0 Å². The van der Waals surface area contributed by atoms with Crippen molar-refractivity contribution in [3.8, 4) is 0 Å². The second-order valence-electron chi connectivity index (χ2n) is 5.48. The lowest BCUT2D eigenvalue weighted by atomic mass is 10.1. The van der Waals surface area contributed by atoms with Crippen LogP contribution in [0.15, 0.2) is 65.5 Å². The quantitative estimate of drug-likeness (QED) is 0.620. The molecule has 2 aromatic carbocycles. The van der Waals surface area contributed by atoms with Gasteiger partial charge in [-0.15, -0.1) is 0 Å². The van der Waals surface area contributed by atoms with E-state index < -0.39 is 5.91 Å². The van der Waals surface area contributed by atoms with Crippen LogP contribution in [0.2, 0.25) is 0 Å². The van der Waals surface area contributed by atoms with Crippen molar-refractivity contribution < 1.29 is 9.59 Å². The maximum absolute atomic E-state index is 12.2. The monoisotopic (exact) mass is 335 g/mol. The fraction of sp³-hybridized carbons (Fsp3) is 0.105. The van der Waals surface area contributed by atoms with Gasteiger partial charge in [0.15, 0.2) is 0 Å². The first-order valence-corrected chi connectivity index (χ1v) is 7.88. The molecule has 25 heavy (non-hydrogen) atoms. The molecular formula is C19H17N3O3. The molecule has 0 aliphatic heterocycles. The Bertz CT molecular complexity index is 964. The average Bonchev–Trinajstić information content (AvgIpc) is 2.65. The maximum atomic E-state index is 12.2. The van der Waals surface area contributed by atoms with E-state index in [4.69, 9.17) is 0 Å². The van der Waals surface area contributed by atoms with E-state index in [2.05, 4.69) is 15.6 Å². The molecule has 3 rings (SSSR count). The molecule has 6 nitrogen and oxygen atoms in total. The summed E-state index contributed by atoms with van der Waals surface area (Å²) < 4.78 is 0. The van der Waals surface area contributed by atoms with Gasteiger partial charge in [-0.2, -0.15) is 0 Å². The van der Waals surface area contributed by atoms with Gasteiger partial charge in [0.1, 0.15) is 5.69 Å². The van der Waals surface area contributed by atoms with Gasteiger partial charge in [0, 0.05) is 24.0 Å². The number of hydrogen-bond donors (Lipinski definition) is 3. The SMILES string of the molecule is O=C(NCCNC(=O)c1cc2ccccc2c(=O)[nH]1)c1ccccc1. The van der Waals surface area contributed by atoms with E-state index in [1.807, 2.05) is 12.1 Å². The topological polar surface area (TPSA) is 91.1 Å². The predicted octanol–water partition coefficient (Wildman–Crippen LogP) is 1.69. The summed E-state index contributed by atoms with van der Waals surface area (Å²) in [6.07, 6.45) is 0. The van der Waals surface area contributed by atoms with Gasteiger partial charge < -0.3 is 15.6 Å². The zero-order chi connectivity index (χ0) is 17.6. The van der Waals surface area contributed by atoms with Crippen LogP contribution in [-0.2, 0) is 0 Å². The molecule has 0 saturated heterocycles. The van der Waals surface area contributed by atoms with Gasteiger partial charge in [-0.1, -0.05) is 36.4 Å². The Kier molecular flexibility index (Phi) is 4.89. The van der Waals surface area contributed by atoms with Crippen LogP contribution in [0.25, 0.3) is 10.8 Å². The molecule has 1 aromatic heterocycles. The van der Waals surface area contributed by atoms with E-state index in [0.717, 1.165) is 0 Å². The molecule has 0 unspecified atom stereocenters. The minimum Gasteiger partial charge on any atom is -0.350 e. The first-order chi connectivity index (χ1) is 12.1. The molecule has 0 fully saturated rings. The summed E-state index contributed by atoms with van der Waals surface area (Å²) in [5.41, 5.74) is 0.450. The normalized spacial score (nSPS) is 10.4. The number of hydrogen-bond acceptors (Lipinski definition) is 3. The number of amides is 2. The first-order valence-electron chi connectivity index (χ1n) is 7.88. The number of benzene rings is 2. The molecule has 3 N–H and O–H groups in total. The average molecular weight is 335 g/mol. The number of nitrogens with one attached hydrogen (secondary N) is 3. The third kappa shape index (κ3) is 3.92. The van der Waals surface area contributed by atoms with E-state index in [-0.39, 0.29) is 30.2 Å². The van der Waals surface area contributed by atoms with Crippen molar-refractivity contribution in [1.29, 1.82) is 0 Å². The predicted molar refractivity (Wildman–Crippen MR) is 95.7 cm³/mol. The number of carbonyl (C=O) groups excluding carboxylic acids is 2. The third-order valence-corrected chi connectivity index (χ3v) is 3.73. The summed E-state index contributed by atoms with van der Waals surface area (Å²) in [7, 11) is 0. The fourth-order valence-electron chi connectivity index (χ4n) is 2.47. The second kappa shape index (κ2) is 7.44. The van der Waals surface area contributed by atoms with Crippen LogP contribution in [0, 0.1) is 0 Å². The molecule has 126 valence electrons. The lowest BCUT2D eigenvalue weighted by molar-refractivity contribution is 0.0925. The lowest BCUT2D eigenvalue weighted by Crippen LogP contribution is -2.35. The van der Waals surface area contributed by atoms with E-state index in [0.29, 0.717) is 16.3 Å². The number of carbonyl (C=O) groups is 2. The lowest BCUT2D eigenvalue weighted by Gasteiger charge is -2.08. The Morgan fingerprint density at radius 3 is 2.24 bits per heavy atom. The van der Waals surface area contributed by atoms with Gasteiger partial charge >= 0.3 is 0 Å². The van der Waals surface area contributed by atoms with Crippen LogP contribution >= 0.6 is 0 Å². The van der Waals surface area contributed by atoms with Gasteiger partial charge in [-0.05, 0) is 29.7 Å². The molecule has 0 atom stereocenters. The minimum absolute atomic E-state index is 0.193. The zero-order valence-electron chi connectivity index (χ0n) is 13.4. The van der Waals surface area contributed by atoms with Gasteiger partial charge in [0.2, 0.25) is 0 Å². The Balaban J connectivity index is 1.56. The van der Waals surface area contributed by atoms with Crippen LogP contribution in [0.3, 0.4) is 0 Å². The molecule has 0 saturated carbocycles. The van der Waals surface area contributed by atoms with Crippen molar-refractivity contribution in [2.45, 2.75) is 0 Å². The smallest absolute Gasteiger partial charge is 0.267 e. The van der Waals surface area contributed by atoms with E-state index >= 15 is 0 Å². The van der Waals surface area contributed by atoms with Crippen LogP contribution in [0.5, 0.6) is 0 Å². The Hall–Kier alpha value is -3.41. The summed E-state index contributed by atoms with van der Waals surface area (Å²) in [6, 6.07) is 17.5. The van der Waals surface area contributed by atoms with E-state index in [1.165, 1.54) is 0 Å².